The Bertz CT molecular complexity index is 739. The molecule has 0 spiro atoms. The Kier molecular flexibility index (Phi) is 5.97. The van der Waals surface area contributed by atoms with Crippen molar-refractivity contribution in [1.29, 1.82) is 0 Å². The number of unbranched alkanes of at least 4 members (excludes halogenated alkanes) is 1. The molecule has 3 rings (SSSR count). The smallest absolute Gasteiger partial charge is 0.489 e. The number of aryl methyl sites for hydroxylation is 1. The molecule has 0 N–H and O–H groups in total. The highest BCUT2D eigenvalue weighted by atomic mass is 16.7. The Morgan fingerprint density at radius 3 is 2.19 bits per heavy atom. The average molecular weight is 366 g/mol. The zero-order valence-electron chi connectivity index (χ0n) is 17.2. The minimum Gasteiger partial charge on any atom is -0.489 e. The molecule has 0 amide bonds. The highest BCUT2D eigenvalue weighted by Gasteiger charge is 2.52. The minimum absolute atomic E-state index is 0.367. The zero-order chi connectivity index (χ0) is 19.5. The number of hydrogen-bond acceptors (Lipinski definition) is 3. The molecule has 1 aliphatic rings. The molecule has 0 aromatic heterocycles. The minimum atomic E-state index is -0.414. The quantitative estimate of drug-likeness (QED) is 0.652. The lowest BCUT2D eigenvalue weighted by atomic mass is 9.77. The molecule has 4 heteroatoms. The van der Waals surface area contributed by atoms with E-state index in [2.05, 4.69) is 65.0 Å². The maximum Gasteiger partial charge on any atom is 0.498 e. The summed E-state index contributed by atoms with van der Waals surface area (Å²) in [7, 11) is -0.414. The summed E-state index contributed by atoms with van der Waals surface area (Å²) in [5.74, 6) is 0.910. The molecule has 144 valence electrons. The second-order valence-electron chi connectivity index (χ2n) is 8.30. The molecule has 1 fully saturated rings. The third-order valence-electron chi connectivity index (χ3n) is 5.66. The van der Waals surface area contributed by atoms with Crippen molar-refractivity contribution in [3.8, 4) is 5.75 Å². The number of benzene rings is 2. The fraction of sp³-hybridized carbons (Fsp3) is 0.478. The van der Waals surface area contributed by atoms with Gasteiger partial charge in [-0.05, 0) is 51.7 Å². The second kappa shape index (κ2) is 8.08. The van der Waals surface area contributed by atoms with E-state index in [4.69, 9.17) is 14.0 Å². The largest absolute Gasteiger partial charge is 0.498 e. The lowest BCUT2D eigenvalue weighted by molar-refractivity contribution is 0.00578. The van der Waals surface area contributed by atoms with Gasteiger partial charge in [0, 0.05) is 5.46 Å². The van der Waals surface area contributed by atoms with E-state index >= 15 is 0 Å². The summed E-state index contributed by atoms with van der Waals surface area (Å²) in [4.78, 5) is 0. The zero-order valence-corrected chi connectivity index (χ0v) is 17.2. The lowest BCUT2D eigenvalue weighted by Crippen LogP contribution is -2.41. The predicted molar refractivity (Wildman–Crippen MR) is 112 cm³/mol. The van der Waals surface area contributed by atoms with Gasteiger partial charge < -0.3 is 14.0 Å². The van der Waals surface area contributed by atoms with Crippen LogP contribution in [0.25, 0.3) is 0 Å². The Morgan fingerprint density at radius 1 is 0.889 bits per heavy atom. The molecule has 1 heterocycles. The van der Waals surface area contributed by atoms with Gasteiger partial charge in [-0.3, -0.25) is 0 Å². The molecule has 3 nitrogen and oxygen atoms in total. The van der Waals surface area contributed by atoms with Gasteiger partial charge in [0.05, 0.1) is 11.2 Å². The van der Waals surface area contributed by atoms with E-state index in [1.165, 1.54) is 5.56 Å². The summed E-state index contributed by atoms with van der Waals surface area (Å²) in [6, 6.07) is 16.6. The number of hydrogen-bond donors (Lipinski definition) is 0. The first-order valence-electron chi connectivity index (χ1n) is 9.98. The first kappa shape index (κ1) is 20.0. The Balaban J connectivity index is 1.91. The Hall–Kier alpha value is -1.78. The lowest BCUT2D eigenvalue weighted by Gasteiger charge is -2.32. The first-order valence-corrected chi connectivity index (χ1v) is 9.98. The molecule has 0 saturated carbocycles. The first-order chi connectivity index (χ1) is 12.8. The van der Waals surface area contributed by atoms with Crippen molar-refractivity contribution >= 4 is 12.6 Å². The summed E-state index contributed by atoms with van der Waals surface area (Å²) >= 11 is 0. The van der Waals surface area contributed by atoms with E-state index in [0.29, 0.717) is 6.61 Å². The molecule has 2 aromatic carbocycles. The molecule has 0 unspecified atom stereocenters. The van der Waals surface area contributed by atoms with Gasteiger partial charge in [-0.25, -0.2) is 0 Å². The van der Waals surface area contributed by atoms with Crippen molar-refractivity contribution in [1.82, 2.24) is 0 Å². The molecule has 0 atom stereocenters. The van der Waals surface area contributed by atoms with Crippen LogP contribution in [0.5, 0.6) is 5.75 Å². The van der Waals surface area contributed by atoms with Gasteiger partial charge in [0.1, 0.15) is 12.4 Å². The molecule has 27 heavy (non-hydrogen) atoms. The number of para-hydroxylation sites is 1. The number of rotatable bonds is 7. The Morgan fingerprint density at radius 2 is 1.56 bits per heavy atom. The highest BCUT2D eigenvalue weighted by Crippen LogP contribution is 2.37. The van der Waals surface area contributed by atoms with Crippen LogP contribution in [-0.2, 0) is 22.3 Å². The van der Waals surface area contributed by atoms with Gasteiger partial charge in [0.25, 0.3) is 0 Å². The third-order valence-corrected chi connectivity index (χ3v) is 5.66. The summed E-state index contributed by atoms with van der Waals surface area (Å²) < 4.78 is 18.9. The van der Waals surface area contributed by atoms with Crippen molar-refractivity contribution in [2.24, 2.45) is 0 Å². The van der Waals surface area contributed by atoms with Gasteiger partial charge in [0.15, 0.2) is 0 Å². The van der Waals surface area contributed by atoms with E-state index < -0.39 is 7.12 Å². The normalized spacial score (nSPS) is 17.9. The van der Waals surface area contributed by atoms with Gasteiger partial charge in [-0.15, -0.1) is 0 Å². The van der Waals surface area contributed by atoms with Gasteiger partial charge >= 0.3 is 7.12 Å². The molecular weight excluding hydrogens is 335 g/mol. The standard InChI is InChI=1S/C23H31BO3/c1-6-7-14-19-15-11-16-20(24-26-22(2,3)23(4,5)27-24)21(19)25-17-18-12-9-8-10-13-18/h8-13,15-16H,6-7,14,17H2,1-5H3. The van der Waals surface area contributed by atoms with E-state index in [1.54, 1.807) is 0 Å². The summed E-state index contributed by atoms with van der Waals surface area (Å²) in [5, 5.41) is 0. The topological polar surface area (TPSA) is 27.7 Å². The van der Waals surface area contributed by atoms with Crippen LogP contribution in [0.15, 0.2) is 48.5 Å². The molecule has 0 bridgehead atoms. The molecular formula is C23H31BO3. The van der Waals surface area contributed by atoms with Crippen molar-refractivity contribution in [3.63, 3.8) is 0 Å². The number of ether oxygens (including phenoxy) is 1. The van der Waals surface area contributed by atoms with Crippen LogP contribution in [-0.4, -0.2) is 18.3 Å². The fourth-order valence-corrected chi connectivity index (χ4v) is 3.23. The average Bonchev–Trinajstić information content (AvgIpc) is 2.86. The second-order valence-corrected chi connectivity index (χ2v) is 8.30. The maximum absolute atomic E-state index is 6.34. The maximum atomic E-state index is 6.34. The van der Waals surface area contributed by atoms with Crippen LogP contribution in [0.4, 0.5) is 0 Å². The van der Waals surface area contributed by atoms with Crippen LogP contribution >= 0.6 is 0 Å². The van der Waals surface area contributed by atoms with Crippen LogP contribution < -0.4 is 10.2 Å². The van der Waals surface area contributed by atoms with Crippen molar-refractivity contribution in [2.45, 2.75) is 71.7 Å². The highest BCUT2D eigenvalue weighted by molar-refractivity contribution is 6.63. The van der Waals surface area contributed by atoms with Gasteiger partial charge in [0.2, 0.25) is 0 Å². The summed E-state index contributed by atoms with van der Waals surface area (Å²) in [5.41, 5.74) is 2.63. The summed E-state index contributed by atoms with van der Waals surface area (Å²) in [6.07, 6.45) is 3.28. The van der Waals surface area contributed by atoms with Crippen LogP contribution in [0.2, 0.25) is 0 Å². The van der Waals surface area contributed by atoms with Crippen LogP contribution in [0, 0.1) is 0 Å². The van der Waals surface area contributed by atoms with Crippen molar-refractivity contribution in [2.75, 3.05) is 0 Å². The van der Waals surface area contributed by atoms with E-state index in [0.717, 1.165) is 36.0 Å². The molecule has 2 aromatic rings. The van der Waals surface area contributed by atoms with E-state index in [9.17, 15) is 0 Å². The Labute approximate surface area is 164 Å². The van der Waals surface area contributed by atoms with E-state index in [-0.39, 0.29) is 11.2 Å². The van der Waals surface area contributed by atoms with Crippen LogP contribution in [0.3, 0.4) is 0 Å². The van der Waals surface area contributed by atoms with Crippen molar-refractivity contribution in [3.05, 3.63) is 59.7 Å². The van der Waals surface area contributed by atoms with E-state index in [1.807, 2.05) is 18.2 Å². The molecule has 0 radical (unpaired) electrons. The molecule has 1 aliphatic heterocycles. The van der Waals surface area contributed by atoms with Gasteiger partial charge in [-0.1, -0.05) is 61.9 Å². The molecule has 1 saturated heterocycles. The van der Waals surface area contributed by atoms with Crippen LogP contribution in [0.1, 0.15) is 58.6 Å². The van der Waals surface area contributed by atoms with Crippen molar-refractivity contribution < 1.29 is 14.0 Å². The monoisotopic (exact) mass is 366 g/mol. The SMILES string of the molecule is CCCCc1cccc(B2OC(C)(C)C(C)(C)O2)c1OCc1ccccc1. The van der Waals surface area contributed by atoms with Gasteiger partial charge in [-0.2, -0.15) is 0 Å². The fourth-order valence-electron chi connectivity index (χ4n) is 3.23. The summed E-state index contributed by atoms with van der Waals surface area (Å²) in [6.45, 7) is 11.1. The molecule has 0 aliphatic carbocycles. The third kappa shape index (κ3) is 4.39. The predicted octanol–water partition coefficient (Wildman–Crippen LogP) is 4.91.